The summed E-state index contributed by atoms with van der Waals surface area (Å²) in [7, 11) is 1.20. The standard InChI is InChI=1S/C36H48ClNO7/c1-6-30(34(40)45-21-23(3)4)36(42,35(41)43-5)27-13-16-33-31(19-27)38(20-25-12-15-29(25)32(39)7-2)17-9-8-10-24-18-28(37)14-11-26(24)22-44-33/h7,11,13-14,16,18-19,23,25,29-30,32,39,42H,2,6,8-10,12,15,17,20-22H2,1,3-5H3/t25-,29+,30-,32-,36-/m0/s1. The molecular weight excluding hydrogens is 594 g/mol. The van der Waals surface area contributed by atoms with Gasteiger partial charge in [0.25, 0.3) is 0 Å². The summed E-state index contributed by atoms with van der Waals surface area (Å²) in [6.07, 6.45) is 5.71. The second kappa shape index (κ2) is 15.5. The van der Waals surface area contributed by atoms with E-state index in [4.69, 9.17) is 25.8 Å². The minimum Gasteiger partial charge on any atom is -0.487 e. The lowest BCUT2D eigenvalue weighted by molar-refractivity contribution is -0.182. The molecule has 2 aromatic rings. The number of carbonyl (C=O) groups is 2. The molecule has 1 aliphatic carbocycles. The fourth-order valence-corrected chi connectivity index (χ4v) is 6.70. The van der Waals surface area contributed by atoms with Crippen LogP contribution in [0.1, 0.15) is 69.6 Å². The maximum Gasteiger partial charge on any atom is 0.343 e. The molecule has 0 aromatic heterocycles. The molecule has 0 spiro atoms. The molecule has 0 saturated heterocycles. The van der Waals surface area contributed by atoms with Crippen LogP contribution in [0.5, 0.6) is 5.75 Å². The Morgan fingerprint density at radius 1 is 1.18 bits per heavy atom. The van der Waals surface area contributed by atoms with Crippen LogP contribution in [0, 0.1) is 23.7 Å². The van der Waals surface area contributed by atoms with Crippen molar-refractivity contribution in [3.63, 3.8) is 0 Å². The van der Waals surface area contributed by atoms with E-state index in [1.165, 1.54) is 7.11 Å². The number of rotatable bonds is 11. The number of hydrogen-bond acceptors (Lipinski definition) is 8. The Morgan fingerprint density at radius 3 is 2.60 bits per heavy atom. The molecule has 2 aromatic carbocycles. The number of ether oxygens (including phenoxy) is 3. The van der Waals surface area contributed by atoms with Gasteiger partial charge >= 0.3 is 11.9 Å². The first kappa shape index (κ1) is 34.8. The average molecular weight is 642 g/mol. The van der Waals surface area contributed by atoms with Crippen molar-refractivity contribution < 1.29 is 34.0 Å². The lowest BCUT2D eigenvalue weighted by atomic mass is 9.70. The average Bonchev–Trinajstić information content (AvgIpc) is 3.04. The van der Waals surface area contributed by atoms with Gasteiger partial charge in [0.1, 0.15) is 18.3 Å². The molecule has 0 radical (unpaired) electrons. The molecule has 1 heterocycles. The lowest BCUT2D eigenvalue weighted by Gasteiger charge is -2.43. The zero-order chi connectivity index (χ0) is 32.7. The Balaban J connectivity index is 1.79. The second-order valence-electron chi connectivity index (χ2n) is 12.8. The minimum absolute atomic E-state index is 0.0907. The van der Waals surface area contributed by atoms with Crippen molar-refractivity contribution in [2.75, 3.05) is 31.7 Å². The Kier molecular flexibility index (Phi) is 12.0. The predicted octanol–water partition coefficient (Wildman–Crippen LogP) is 6.22. The molecule has 1 aliphatic heterocycles. The van der Waals surface area contributed by atoms with Crippen molar-refractivity contribution in [1.82, 2.24) is 0 Å². The third-order valence-corrected chi connectivity index (χ3v) is 9.51. The van der Waals surface area contributed by atoms with E-state index < -0.39 is 29.6 Å². The van der Waals surface area contributed by atoms with Crippen LogP contribution in [0.4, 0.5) is 5.69 Å². The summed E-state index contributed by atoms with van der Waals surface area (Å²) in [5, 5.41) is 23.4. The van der Waals surface area contributed by atoms with Crippen molar-refractivity contribution in [3.05, 3.63) is 70.8 Å². The van der Waals surface area contributed by atoms with Crippen LogP contribution in [-0.2, 0) is 37.7 Å². The van der Waals surface area contributed by atoms with Gasteiger partial charge in [-0.1, -0.05) is 50.6 Å². The first-order valence-corrected chi connectivity index (χ1v) is 16.5. The fraction of sp³-hybridized carbons (Fsp3) is 0.556. The Morgan fingerprint density at radius 2 is 1.96 bits per heavy atom. The van der Waals surface area contributed by atoms with Gasteiger partial charge in [0.05, 0.1) is 25.5 Å². The summed E-state index contributed by atoms with van der Waals surface area (Å²) < 4.78 is 17.1. The zero-order valence-corrected chi connectivity index (χ0v) is 27.7. The molecule has 2 N–H and O–H groups in total. The number of anilines is 1. The maximum atomic E-state index is 13.4. The fourth-order valence-electron chi connectivity index (χ4n) is 6.50. The van der Waals surface area contributed by atoms with Crippen LogP contribution in [-0.4, -0.2) is 55.1 Å². The van der Waals surface area contributed by atoms with E-state index in [0.717, 1.165) is 43.2 Å². The van der Waals surface area contributed by atoms with Gasteiger partial charge in [0.15, 0.2) is 0 Å². The van der Waals surface area contributed by atoms with Gasteiger partial charge in [-0.15, -0.1) is 6.58 Å². The topological polar surface area (TPSA) is 106 Å². The third-order valence-electron chi connectivity index (χ3n) is 9.28. The van der Waals surface area contributed by atoms with E-state index in [1.54, 1.807) is 31.2 Å². The largest absolute Gasteiger partial charge is 0.487 e. The van der Waals surface area contributed by atoms with Crippen LogP contribution in [0.15, 0.2) is 49.1 Å². The molecule has 9 heteroatoms. The number of methoxy groups -OCH3 is 1. The third kappa shape index (κ3) is 7.84. The number of halogens is 1. The molecule has 2 aliphatic rings. The molecule has 0 bridgehead atoms. The van der Waals surface area contributed by atoms with Crippen LogP contribution >= 0.6 is 11.6 Å². The van der Waals surface area contributed by atoms with Gasteiger partial charge in [-0.25, -0.2) is 4.79 Å². The second-order valence-corrected chi connectivity index (χ2v) is 13.2. The van der Waals surface area contributed by atoms with Gasteiger partial charge in [0.2, 0.25) is 5.60 Å². The van der Waals surface area contributed by atoms with Crippen LogP contribution < -0.4 is 9.64 Å². The molecule has 4 rings (SSSR count). The van der Waals surface area contributed by atoms with Crippen LogP contribution in [0.3, 0.4) is 0 Å². The number of fused-ring (bicyclic) bond motifs is 2. The molecule has 5 atom stereocenters. The van der Waals surface area contributed by atoms with Crippen molar-refractivity contribution in [2.45, 2.75) is 77.6 Å². The normalized spacial score (nSPS) is 21.0. The molecule has 246 valence electrons. The van der Waals surface area contributed by atoms with Gasteiger partial charge in [0, 0.05) is 18.1 Å². The highest BCUT2D eigenvalue weighted by Gasteiger charge is 2.51. The highest BCUT2D eigenvalue weighted by atomic mass is 35.5. The predicted molar refractivity (Wildman–Crippen MR) is 175 cm³/mol. The number of nitrogens with zero attached hydrogens (tertiary/aromatic N) is 1. The monoisotopic (exact) mass is 641 g/mol. The Hall–Kier alpha value is -3.07. The minimum atomic E-state index is -2.29. The smallest absolute Gasteiger partial charge is 0.343 e. The summed E-state index contributed by atoms with van der Waals surface area (Å²) in [5.74, 6) is -1.77. The van der Waals surface area contributed by atoms with E-state index in [2.05, 4.69) is 11.5 Å². The van der Waals surface area contributed by atoms with E-state index in [-0.39, 0.29) is 36.3 Å². The van der Waals surface area contributed by atoms with Gasteiger partial charge in [-0.3, -0.25) is 4.79 Å². The Labute approximate surface area is 272 Å². The summed E-state index contributed by atoms with van der Waals surface area (Å²) in [4.78, 5) is 28.9. The summed E-state index contributed by atoms with van der Waals surface area (Å²) >= 11 is 6.33. The molecule has 1 fully saturated rings. The number of aryl methyl sites for hydroxylation is 1. The van der Waals surface area contributed by atoms with Gasteiger partial charge in [-0.2, -0.15) is 0 Å². The van der Waals surface area contributed by atoms with Crippen molar-refractivity contribution >= 4 is 29.2 Å². The lowest BCUT2D eigenvalue weighted by Crippen LogP contribution is -2.48. The first-order valence-electron chi connectivity index (χ1n) is 16.1. The van der Waals surface area contributed by atoms with Crippen LogP contribution in [0.25, 0.3) is 0 Å². The van der Waals surface area contributed by atoms with E-state index in [0.29, 0.717) is 36.2 Å². The Bertz CT molecular complexity index is 1350. The molecule has 0 amide bonds. The summed E-state index contributed by atoms with van der Waals surface area (Å²) in [6, 6.07) is 11.0. The zero-order valence-electron chi connectivity index (χ0n) is 27.0. The van der Waals surface area contributed by atoms with Crippen LogP contribution in [0.2, 0.25) is 5.02 Å². The van der Waals surface area contributed by atoms with Crippen molar-refractivity contribution in [3.8, 4) is 5.75 Å². The van der Waals surface area contributed by atoms with Crippen molar-refractivity contribution in [2.24, 2.45) is 23.7 Å². The van der Waals surface area contributed by atoms with E-state index in [1.807, 2.05) is 32.0 Å². The molecule has 8 nitrogen and oxygen atoms in total. The SMILES string of the molecule is C=C[C@H](O)[C@@H]1CC[C@H]1CN1CCCCc2cc(Cl)ccc2COc2ccc([C@@](O)(C(=O)OC)[C@@H](CC)C(=O)OCC(C)C)cc21. The number of hydrogen-bond donors (Lipinski definition) is 2. The number of aliphatic hydroxyl groups is 2. The number of aliphatic hydroxyl groups excluding tert-OH is 1. The van der Waals surface area contributed by atoms with Crippen molar-refractivity contribution in [1.29, 1.82) is 0 Å². The summed E-state index contributed by atoms with van der Waals surface area (Å²) in [5.41, 5.74) is 0.838. The molecular formula is C36H48ClNO7. The maximum absolute atomic E-state index is 13.4. The highest BCUT2D eigenvalue weighted by Crippen LogP contribution is 2.43. The van der Waals surface area contributed by atoms with E-state index >= 15 is 0 Å². The highest BCUT2D eigenvalue weighted by molar-refractivity contribution is 6.30. The number of carbonyl (C=O) groups excluding carboxylic acids is 2. The quantitative estimate of drug-likeness (QED) is 0.220. The van der Waals surface area contributed by atoms with Gasteiger partial charge < -0.3 is 29.3 Å². The number of esters is 2. The molecule has 45 heavy (non-hydrogen) atoms. The molecule has 1 saturated carbocycles. The first-order chi connectivity index (χ1) is 21.5. The summed E-state index contributed by atoms with van der Waals surface area (Å²) in [6.45, 7) is 11.2. The van der Waals surface area contributed by atoms with E-state index in [9.17, 15) is 19.8 Å². The number of benzene rings is 2. The van der Waals surface area contributed by atoms with Gasteiger partial charge in [-0.05, 0) is 97.2 Å². The molecule has 0 unspecified atom stereocenters.